The molecule has 0 fully saturated rings. The fraction of sp³-hybridized carbons (Fsp3) is 0.348. The molecule has 2 atom stereocenters. The molecule has 160 valence electrons. The number of hydrogen-bond donors (Lipinski definition) is 4. The van der Waals surface area contributed by atoms with Gasteiger partial charge in [0.2, 0.25) is 5.91 Å². The minimum absolute atomic E-state index is 0.0441. The first-order valence-corrected chi connectivity index (χ1v) is 10.3. The van der Waals surface area contributed by atoms with Crippen LogP contribution < -0.4 is 10.6 Å². The average molecular weight is 429 g/mol. The van der Waals surface area contributed by atoms with E-state index in [4.69, 9.17) is 0 Å². The van der Waals surface area contributed by atoms with Crippen molar-refractivity contribution in [1.82, 2.24) is 10.6 Å². The minimum atomic E-state index is -1.52. The largest absolute Gasteiger partial charge is 0.480 e. The molecule has 0 aromatic heterocycles. The Balaban J connectivity index is 2.13. The van der Waals surface area contributed by atoms with Crippen molar-refractivity contribution in [3.05, 3.63) is 71.8 Å². The molecule has 0 saturated carbocycles. The first kappa shape index (κ1) is 23.5. The second-order valence-corrected chi connectivity index (χ2v) is 8.49. The summed E-state index contributed by atoms with van der Waals surface area (Å²) < 4.78 is 0. The van der Waals surface area contributed by atoms with E-state index in [2.05, 4.69) is 23.3 Å². The van der Waals surface area contributed by atoms with Crippen LogP contribution in [0.15, 0.2) is 60.7 Å². The highest BCUT2D eigenvalue weighted by Crippen LogP contribution is 2.22. The van der Waals surface area contributed by atoms with Gasteiger partial charge in [0, 0.05) is 6.42 Å². The van der Waals surface area contributed by atoms with Gasteiger partial charge in [0.25, 0.3) is 5.91 Å². The molecule has 3 N–H and O–H groups in total. The van der Waals surface area contributed by atoms with Crippen LogP contribution in [0.4, 0.5) is 0 Å². The maximum atomic E-state index is 13.0. The number of aliphatic carboxylic acids is 1. The van der Waals surface area contributed by atoms with Gasteiger partial charge in [0.15, 0.2) is 4.87 Å². The van der Waals surface area contributed by atoms with E-state index in [1.807, 2.05) is 62.4 Å². The zero-order valence-electron chi connectivity index (χ0n) is 17.2. The zero-order valence-corrected chi connectivity index (χ0v) is 18.1. The van der Waals surface area contributed by atoms with Gasteiger partial charge >= 0.3 is 5.97 Å². The third-order valence-corrected chi connectivity index (χ3v) is 5.02. The number of thiol groups is 1. The number of amides is 2. The van der Waals surface area contributed by atoms with Crippen LogP contribution in [-0.4, -0.2) is 33.8 Å². The van der Waals surface area contributed by atoms with Gasteiger partial charge in [-0.1, -0.05) is 74.5 Å². The predicted molar refractivity (Wildman–Crippen MR) is 119 cm³/mol. The highest BCUT2D eigenvalue weighted by molar-refractivity contribution is 7.82. The van der Waals surface area contributed by atoms with Crippen molar-refractivity contribution in [2.75, 3.05) is 0 Å². The molecule has 30 heavy (non-hydrogen) atoms. The summed E-state index contributed by atoms with van der Waals surface area (Å²) >= 11 is 4.49. The Hall–Kier alpha value is -2.80. The van der Waals surface area contributed by atoms with Crippen molar-refractivity contribution in [2.45, 2.75) is 44.0 Å². The van der Waals surface area contributed by atoms with Crippen LogP contribution in [0.3, 0.4) is 0 Å². The van der Waals surface area contributed by atoms with Crippen LogP contribution in [0, 0.1) is 5.92 Å². The summed E-state index contributed by atoms with van der Waals surface area (Å²) in [6.45, 7) is 3.81. The van der Waals surface area contributed by atoms with Crippen LogP contribution >= 0.6 is 12.6 Å². The highest BCUT2D eigenvalue weighted by Gasteiger charge is 2.38. The van der Waals surface area contributed by atoms with Gasteiger partial charge in [-0.2, -0.15) is 0 Å². The first-order valence-electron chi connectivity index (χ1n) is 9.84. The molecule has 7 heteroatoms. The fourth-order valence-corrected chi connectivity index (χ4v) is 3.73. The van der Waals surface area contributed by atoms with Crippen LogP contribution in [0.2, 0.25) is 0 Å². The predicted octanol–water partition coefficient (Wildman–Crippen LogP) is 2.83. The van der Waals surface area contributed by atoms with E-state index < -0.39 is 22.8 Å². The quantitative estimate of drug-likeness (QED) is 0.346. The molecule has 0 radical (unpaired) electrons. The van der Waals surface area contributed by atoms with Gasteiger partial charge in [0.05, 0.1) is 6.42 Å². The lowest BCUT2D eigenvalue weighted by atomic mass is 10.00. The minimum Gasteiger partial charge on any atom is -0.480 e. The van der Waals surface area contributed by atoms with E-state index in [-0.39, 0.29) is 31.1 Å². The van der Waals surface area contributed by atoms with Crippen LogP contribution in [0.25, 0.3) is 0 Å². The number of carboxylic acids is 1. The number of rotatable bonds is 10. The number of carboxylic acid groups (broad SMARTS) is 1. The smallest absolute Gasteiger partial charge is 0.326 e. The summed E-state index contributed by atoms with van der Waals surface area (Å²) in [5, 5.41) is 14.8. The van der Waals surface area contributed by atoms with E-state index in [0.29, 0.717) is 0 Å². The molecular formula is C23H28N2O4S. The van der Waals surface area contributed by atoms with Crippen LogP contribution in [0.5, 0.6) is 0 Å². The van der Waals surface area contributed by atoms with Crippen molar-refractivity contribution >= 4 is 30.4 Å². The lowest BCUT2D eigenvalue weighted by Crippen LogP contribution is -2.59. The molecule has 0 saturated heterocycles. The second kappa shape index (κ2) is 10.8. The summed E-state index contributed by atoms with van der Waals surface area (Å²) in [5.74, 6) is -2.10. The maximum Gasteiger partial charge on any atom is 0.326 e. The van der Waals surface area contributed by atoms with Crippen molar-refractivity contribution in [3.8, 4) is 0 Å². The number of benzene rings is 2. The zero-order chi connectivity index (χ0) is 22.1. The monoisotopic (exact) mass is 428 g/mol. The van der Waals surface area contributed by atoms with Crippen molar-refractivity contribution in [3.63, 3.8) is 0 Å². The molecule has 0 aliphatic carbocycles. The lowest BCUT2D eigenvalue weighted by molar-refractivity contribution is -0.142. The van der Waals surface area contributed by atoms with E-state index >= 15 is 0 Å². The number of nitrogens with one attached hydrogen (secondary N) is 2. The SMILES string of the molecule is CC(C)C[C@](S)(NC(=O)Cc1ccccc1)C(=O)N[C@@H](Cc1ccccc1)C(=O)O. The molecule has 2 rings (SSSR count). The Bertz CT molecular complexity index is 858. The van der Waals surface area contributed by atoms with E-state index in [1.54, 1.807) is 12.1 Å². The summed E-state index contributed by atoms with van der Waals surface area (Å²) in [5.41, 5.74) is 1.59. The Morgan fingerprint density at radius 3 is 2.00 bits per heavy atom. The molecule has 0 unspecified atom stereocenters. The molecule has 0 aliphatic heterocycles. The summed E-state index contributed by atoms with van der Waals surface area (Å²) in [6, 6.07) is 17.1. The van der Waals surface area contributed by atoms with E-state index in [1.165, 1.54) is 0 Å². The third-order valence-electron chi connectivity index (χ3n) is 4.52. The molecule has 0 aliphatic rings. The summed E-state index contributed by atoms with van der Waals surface area (Å²) in [6.07, 6.45) is 0.479. The Morgan fingerprint density at radius 2 is 1.50 bits per heavy atom. The fourth-order valence-electron chi connectivity index (χ4n) is 3.17. The van der Waals surface area contributed by atoms with Crippen molar-refractivity contribution in [2.24, 2.45) is 5.92 Å². The Labute approximate surface area is 182 Å². The average Bonchev–Trinajstić information content (AvgIpc) is 2.68. The molecule has 0 spiro atoms. The number of hydrogen-bond acceptors (Lipinski definition) is 4. The first-order chi connectivity index (χ1) is 14.2. The standard InChI is InChI=1S/C23H28N2O4S/c1-16(2)15-23(30,25-20(26)14-18-11-7-4-8-12-18)22(29)24-19(21(27)28)13-17-9-5-3-6-10-17/h3-12,16,19,30H,13-15H2,1-2H3,(H,24,29)(H,25,26)(H,27,28)/t19-,23+/m0/s1. The summed E-state index contributed by atoms with van der Waals surface area (Å²) in [7, 11) is 0. The molecule has 2 aromatic carbocycles. The Morgan fingerprint density at radius 1 is 0.967 bits per heavy atom. The van der Waals surface area contributed by atoms with Gasteiger partial charge < -0.3 is 15.7 Å². The van der Waals surface area contributed by atoms with Gasteiger partial charge in [0.1, 0.15) is 6.04 Å². The van der Waals surface area contributed by atoms with E-state index in [9.17, 15) is 19.5 Å². The van der Waals surface area contributed by atoms with Crippen LogP contribution in [-0.2, 0) is 27.2 Å². The topological polar surface area (TPSA) is 95.5 Å². The van der Waals surface area contributed by atoms with E-state index in [0.717, 1.165) is 11.1 Å². The van der Waals surface area contributed by atoms with Crippen LogP contribution in [0.1, 0.15) is 31.4 Å². The van der Waals surface area contributed by atoms with Gasteiger partial charge in [-0.3, -0.25) is 9.59 Å². The summed E-state index contributed by atoms with van der Waals surface area (Å²) in [4.78, 5) is 35.8. The van der Waals surface area contributed by atoms with Gasteiger partial charge in [-0.15, -0.1) is 12.6 Å². The maximum absolute atomic E-state index is 13.0. The second-order valence-electron chi connectivity index (χ2n) is 7.72. The highest BCUT2D eigenvalue weighted by atomic mass is 32.1. The molecule has 2 amide bonds. The number of carbonyl (C=O) groups is 3. The van der Waals surface area contributed by atoms with Gasteiger partial charge in [-0.05, 0) is 23.5 Å². The molecular weight excluding hydrogens is 400 g/mol. The Kier molecular flexibility index (Phi) is 8.47. The molecule has 2 aromatic rings. The molecule has 0 bridgehead atoms. The number of carbonyl (C=O) groups excluding carboxylic acids is 2. The van der Waals surface area contributed by atoms with Crippen molar-refractivity contribution < 1.29 is 19.5 Å². The third kappa shape index (κ3) is 7.22. The lowest BCUT2D eigenvalue weighted by Gasteiger charge is -2.31. The normalized spacial score (nSPS) is 13.9. The molecule has 6 nitrogen and oxygen atoms in total. The molecule has 0 heterocycles. The van der Waals surface area contributed by atoms with Crippen molar-refractivity contribution in [1.29, 1.82) is 0 Å². The van der Waals surface area contributed by atoms with Gasteiger partial charge in [-0.25, -0.2) is 4.79 Å².